The Kier molecular flexibility index (Phi) is 3.82. The molecule has 0 unspecified atom stereocenters. The van der Waals surface area contributed by atoms with E-state index in [2.05, 4.69) is 51.6 Å². The van der Waals surface area contributed by atoms with Crippen LogP contribution in [0.5, 0.6) is 0 Å². The zero-order valence-corrected chi connectivity index (χ0v) is 13.8. The number of aromatic nitrogens is 1. The molecule has 2 heterocycles. The number of likely N-dealkylation sites (N-methyl/N-ethyl adjacent to an activating group) is 1. The molecule has 0 saturated carbocycles. The van der Waals surface area contributed by atoms with Crippen molar-refractivity contribution in [3.8, 4) is 0 Å². The van der Waals surface area contributed by atoms with Crippen LogP contribution in [-0.4, -0.2) is 28.9 Å². The average molecular weight is 319 g/mol. The first-order chi connectivity index (χ1) is 11.7. The number of H-pyrrole nitrogens is 1. The maximum Gasteiger partial charge on any atom is 0.237 e. The maximum absolute atomic E-state index is 12.6. The molecule has 2 N–H and O–H groups in total. The molecule has 3 aromatic rings. The summed E-state index contributed by atoms with van der Waals surface area (Å²) in [6.45, 7) is 1.38. The number of nitrogens with zero attached hydrogens (tertiary/aromatic N) is 1. The van der Waals surface area contributed by atoms with Crippen molar-refractivity contribution in [1.82, 2.24) is 15.2 Å². The number of benzene rings is 2. The van der Waals surface area contributed by atoms with E-state index in [9.17, 15) is 4.79 Å². The van der Waals surface area contributed by atoms with Gasteiger partial charge in [0.2, 0.25) is 5.91 Å². The fraction of sp³-hybridized carbons (Fsp3) is 0.250. The van der Waals surface area contributed by atoms with E-state index in [0.29, 0.717) is 6.54 Å². The number of rotatable bonds is 3. The molecule has 2 aromatic carbocycles. The molecule has 24 heavy (non-hydrogen) atoms. The van der Waals surface area contributed by atoms with Gasteiger partial charge in [-0.05, 0) is 53.7 Å². The highest BCUT2D eigenvalue weighted by Gasteiger charge is 2.28. The van der Waals surface area contributed by atoms with Crippen LogP contribution < -0.4 is 5.32 Å². The number of carbonyl (C=O) groups is 1. The van der Waals surface area contributed by atoms with E-state index in [1.807, 2.05) is 25.4 Å². The highest BCUT2D eigenvalue weighted by molar-refractivity contribution is 5.83. The van der Waals surface area contributed by atoms with Gasteiger partial charge in [0.05, 0.1) is 6.04 Å². The number of fused-ring (bicyclic) bond motifs is 2. The van der Waals surface area contributed by atoms with Gasteiger partial charge < -0.3 is 10.3 Å². The van der Waals surface area contributed by atoms with Gasteiger partial charge in [0.25, 0.3) is 0 Å². The maximum atomic E-state index is 12.6. The highest BCUT2D eigenvalue weighted by atomic mass is 16.2. The fourth-order valence-electron chi connectivity index (χ4n) is 3.47. The largest absolute Gasteiger partial charge is 0.361 e. The van der Waals surface area contributed by atoms with Crippen LogP contribution in [-0.2, 0) is 24.3 Å². The number of carbonyl (C=O) groups excluding carboxylic acids is 1. The van der Waals surface area contributed by atoms with E-state index in [4.69, 9.17) is 0 Å². The lowest BCUT2D eigenvalue weighted by molar-refractivity contribution is -0.126. The number of hydrogen-bond donors (Lipinski definition) is 2. The number of aromatic amines is 1. The zero-order chi connectivity index (χ0) is 16.5. The minimum absolute atomic E-state index is 0.0983. The summed E-state index contributed by atoms with van der Waals surface area (Å²) in [6, 6.07) is 16.6. The normalized spacial score (nSPS) is 17.6. The predicted molar refractivity (Wildman–Crippen MR) is 95.5 cm³/mol. The third-order valence-electron chi connectivity index (χ3n) is 4.87. The lowest BCUT2D eigenvalue weighted by Gasteiger charge is -2.33. The summed E-state index contributed by atoms with van der Waals surface area (Å²) in [7, 11) is 2.02. The van der Waals surface area contributed by atoms with E-state index in [0.717, 1.165) is 24.0 Å². The number of amides is 1. The topological polar surface area (TPSA) is 48.1 Å². The van der Waals surface area contributed by atoms with Crippen LogP contribution in [0.2, 0.25) is 0 Å². The molecule has 1 atom stereocenters. The van der Waals surface area contributed by atoms with E-state index in [1.165, 1.54) is 16.5 Å². The molecule has 1 aromatic heterocycles. The summed E-state index contributed by atoms with van der Waals surface area (Å²) in [5.74, 6) is 0.0983. The Balaban J connectivity index is 1.44. The monoisotopic (exact) mass is 319 g/mol. The predicted octanol–water partition coefficient (Wildman–Crippen LogP) is 2.84. The van der Waals surface area contributed by atoms with Crippen molar-refractivity contribution >= 4 is 16.8 Å². The molecular weight excluding hydrogens is 298 g/mol. The summed E-state index contributed by atoms with van der Waals surface area (Å²) >= 11 is 0. The van der Waals surface area contributed by atoms with Crippen molar-refractivity contribution in [2.24, 2.45) is 0 Å². The third-order valence-corrected chi connectivity index (χ3v) is 4.87. The van der Waals surface area contributed by atoms with Gasteiger partial charge in [0, 0.05) is 24.8 Å². The highest BCUT2D eigenvalue weighted by Crippen LogP contribution is 2.22. The van der Waals surface area contributed by atoms with Gasteiger partial charge in [-0.3, -0.25) is 9.69 Å². The standard InChI is InChI=1S/C20H21N3O/c1-23-13-17-5-3-2-4-15(17)11-19(23)20(24)22-12-14-6-7-18-16(10-14)8-9-21-18/h2-10,19,21H,11-13H2,1H3,(H,22,24)/t19-/m1/s1. The lowest BCUT2D eigenvalue weighted by Crippen LogP contribution is -2.48. The minimum atomic E-state index is -0.101. The van der Waals surface area contributed by atoms with Gasteiger partial charge >= 0.3 is 0 Å². The molecule has 0 bridgehead atoms. The lowest BCUT2D eigenvalue weighted by atomic mass is 9.94. The molecular formula is C20H21N3O. The van der Waals surface area contributed by atoms with Crippen molar-refractivity contribution in [1.29, 1.82) is 0 Å². The summed E-state index contributed by atoms with van der Waals surface area (Å²) in [5.41, 5.74) is 4.84. The second-order valence-electron chi connectivity index (χ2n) is 6.52. The van der Waals surface area contributed by atoms with Crippen molar-refractivity contribution in [3.05, 3.63) is 71.4 Å². The molecule has 0 saturated heterocycles. The Morgan fingerprint density at radius 3 is 2.92 bits per heavy atom. The molecule has 0 spiro atoms. The van der Waals surface area contributed by atoms with Gasteiger partial charge in [-0.1, -0.05) is 30.3 Å². The Hall–Kier alpha value is -2.59. The smallest absolute Gasteiger partial charge is 0.237 e. The molecule has 0 fully saturated rings. The molecule has 4 rings (SSSR count). The molecule has 4 heteroatoms. The first kappa shape index (κ1) is 15.0. The Bertz CT molecular complexity index is 883. The number of hydrogen-bond acceptors (Lipinski definition) is 2. The van der Waals surface area contributed by atoms with Gasteiger partial charge in [0.15, 0.2) is 0 Å². The quantitative estimate of drug-likeness (QED) is 0.780. The van der Waals surface area contributed by atoms with Gasteiger partial charge in [-0.25, -0.2) is 0 Å². The molecule has 1 amide bonds. The van der Waals surface area contributed by atoms with E-state index in [-0.39, 0.29) is 11.9 Å². The van der Waals surface area contributed by atoms with Crippen molar-refractivity contribution in [2.45, 2.75) is 25.6 Å². The Morgan fingerprint density at radius 1 is 1.21 bits per heavy atom. The van der Waals surface area contributed by atoms with Gasteiger partial charge in [0.1, 0.15) is 0 Å². The summed E-state index contributed by atoms with van der Waals surface area (Å²) in [4.78, 5) is 18.0. The van der Waals surface area contributed by atoms with Crippen LogP contribution in [0.1, 0.15) is 16.7 Å². The van der Waals surface area contributed by atoms with Crippen LogP contribution in [0.3, 0.4) is 0 Å². The van der Waals surface area contributed by atoms with Crippen molar-refractivity contribution < 1.29 is 4.79 Å². The average Bonchev–Trinajstić information content (AvgIpc) is 3.06. The number of nitrogens with one attached hydrogen (secondary N) is 2. The van der Waals surface area contributed by atoms with Crippen LogP contribution >= 0.6 is 0 Å². The second kappa shape index (κ2) is 6.13. The Labute approximate surface area is 141 Å². The second-order valence-corrected chi connectivity index (χ2v) is 6.52. The van der Waals surface area contributed by atoms with E-state index >= 15 is 0 Å². The van der Waals surface area contributed by atoms with Crippen LogP contribution in [0.25, 0.3) is 10.9 Å². The molecule has 122 valence electrons. The van der Waals surface area contributed by atoms with E-state index < -0.39 is 0 Å². The van der Waals surface area contributed by atoms with Gasteiger partial charge in [-0.2, -0.15) is 0 Å². The van der Waals surface area contributed by atoms with Crippen LogP contribution in [0, 0.1) is 0 Å². The molecule has 4 nitrogen and oxygen atoms in total. The summed E-state index contributed by atoms with van der Waals surface area (Å²) in [6.07, 6.45) is 2.71. The summed E-state index contributed by atoms with van der Waals surface area (Å²) < 4.78 is 0. The molecule has 1 aliphatic heterocycles. The first-order valence-corrected chi connectivity index (χ1v) is 8.31. The SMILES string of the molecule is CN1Cc2ccccc2C[C@@H]1C(=O)NCc1ccc2[nH]ccc2c1. The van der Waals surface area contributed by atoms with Gasteiger partial charge in [-0.15, -0.1) is 0 Å². The first-order valence-electron chi connectivity index (χ1n) is 8.31. The molecule has 0 aliphatic carbocycles. The molecule has 1 aliphatic rings. The summed E-state index contributed by atoms with van der Waals surface area (Å²) in [5, 5.41) is 4.27. The van der Waals surface area contributed by atoms with E-state index in [1.54, 1.807) is 0 Å². The third kappa shape index (κ3) is 2.81. The fourth-order valence-corrected chi connectivity index (χ4v) is 3.47. The van der Waals surface area contributed by atoms with Crippen LogP contribution in [0.4, 0.5) is 0 Å². The Morgan fingerprint density at radius 2 is 2.04 bits per heavy atom. The van der Waals surface area contributed by atoms with Crippen molar-refractivity contribution in [2.75, 3.05) is 7.05 Å². The van der Waals surface area contributed by atoms with Crippen LogP contribution in [0.15, 0.2) is 54.7 Å². The molecule has 0 radical (unpaired) electrons. The minimum Gasteiger partial charge on any atom is -0.361 e. The van der Waals surface area contributed by atoms with Crippen molar-refractivity contribution in [3.63, 3.8) is 0 Å². The zero-order valence-electron chi connectivity index (χ0n) is 13.8.